The molecule has 1 amide bonds. The van der Waals surface area contributed by atoms with Crippen LogP contribution in [-0.4, -0.2) is 32.3 Å². The molecule has 5 atom stereocenters. The molecule has 4 rings (SSSR count). The molecule has 27 heavy (non-hydrogen) atoms. The fourth-order valence-electron chi connectivity index (χ4n) is 6.30. The fraction of sp³-hybridized carbons (Fsp3) is 0.696. The van der Waals surface area contributed by atoms with Gasteiger partial charge >= 0.3 is 0 Å². The molecule has 2 saturated carbocycles. The van der Waals surface area contributed by atoms with E-state index >= 15 is 0 Å². The van der Waals surface area contributed by atoms with E-state index in [1.807, 2.05) is 0 Å². The van der Waals surface area contributed by atoms with E-state index in [0.717, 1.165) is 13.0 Å². The Balaban J connectivity index is 1.62. The maximum Gasteiger partial charge on any atom is 0.222 e. The summed E-state index contributed by atoms with van der Waals surface area (Å²) in [5.41, 5.74) is 2.86. The zero-order valence-corrected chi connectivity index (χ0v) is 17.1. The topological polar surface area (TPSA) is 47.6 Å². The van der Waals surface area contributed by atoms with Crippen LogP contribution < -0.4 is 5.32 Å². The van der Waals surface area contributed by atoms with Gasteiger partial charge in [-0.2, -0.15) is 0 Å². The van der Waals surface area contributed by atoms with Gasteiger partial charge < -0.3 is 14.8 Å². The lowest BCUT2D eigenvalue weighted by Crippen LogP contribution is -2.59. The van der Waals surface area contributed by atoms with E-state index < -0.39 is 0 Å². The maximum absolute atomic E-state index is 12.6. The van der Waals surface area contributed by atoms with Gasteiger partial charge in [-0.05, 0) is 54.4 Å². The Hall–Kier alpha value is -1.39. The molecular weight excluding hydrogens is 338 g/mol. The van der Waals surface area contributed by atoms with Crippen LogP contribution in [0.4, 0.5) is 0 Å². The molecule has 3 aliphatic rings. The highest BCUT2D eigenvalue weighted by atomic mass is 16.5. The molecule has 0 unspecified atom stereocenters. The molecule has 4 nitrogen and oxygen atoms in total. The van der Waals surface area contributed by atoms with Crippen LogP contribution in [0.25, 0.3) is 0 Å². The second-order valence-corrected chi connectivity index (χ2v) is 9.49. The summed E-state index contributed by atoms with van der Waals surface area (Å²) >= 11 is 0. The third-order valence-corrected chi connectivity index (χ3v) is 7.75. The summed E-state index contributed by atoms with van der Waals surface area (Å²) in [4.78, 5) is 12.6. The smallest absolute Gasteiger partial charge is 0.222 e. The van der Waals surface area contributed by atoms with Crippen molar-refractivity contribution in [1.29, 1.82) is 0 Å². The number of carbonyl (C=O) groups is 1. The van der Waals surface area contributed by atoms with Crippen LogP contribution in [0.2, 0.25) is 0 Å². The monoisotopic (exact) mass is 371 g/mol. The molecule has 1 saturated heterocycles. The summed E-state index contributed by atoms with van der Waals surface area (Å²) in [6.07, 6.45) is 4.06. The zero-order valence-electron chi connectivity index (χ0n) is 17.1. The molecule has 148 valence electrons. The Morgan fingerprint density at radius 1 is 1.30 bits per heavy atom. The number of amides is 1. The largest absolute Gasteiger partial charge is 0.384 e. The van der Waals surface area contributed by atoms with Gasteiger partial charge in [0.25, 0.3) is 0 Å². The Morgan fingerprint density at radius 3 is 2.74 bits per heavy atom. The van der Waals surface area contributed by atoms with Gasteiger partial charge in [0.05, 0.1) is 12.7 Å². The number of ether oxygens (including phenoxy) is 2. The van der Waals surface area contributed by atoms with Crippen molar-refractivity contribution in [1.82, 2.24) is 5.32 Å². The summed E-state index contributed by atoms with van der Waals surface area (Å²) in [7, 11) is 1.65. The number of nitrogens with one attached hydrogen (secondary N) is 1. The predicted molar refractivity (Wildman–Crippen MR) is 105 cm³/mol. The Labute approximate surface area is 163 Å². The first-order chi connectivity index (χ1) is 12.9. The number of rotatable bonds is 5. The SMILES string of the molecule is COCCC(=O)N[C@H]1C(C)(C)[C@@H]2C[C@@H]3[C@@H](c4ccc(C)cc4)OCC[C@@]31C2. The van der Waals surface area contributed by atoms with Crippen molar-refractivity contribution in [3.8, 4) is 0 Å². The molecule has 1 aliphatic heterocycles. The fourth-order valence-corrected chi connectivity index (χ4v) is 6.30. The molecule has 1 aromatic rings. The third kappa shape index (κ3) is 3.01. The molecule has 1 spiro atoms. The first-order valence-electron chi connectivity index (χ1n) is 10.3. The third-order valence-electron chi connectivity index (χ3n) is 7.75. The lowest BCUT2D eigenvalue weighted by molar-refractivity contribution is -0.137. The molecule has 1 aromatic carbocycles. The van der Waals surface area contributed by atoms with Gasteiger partial charge in [0, 0.05) is 26.2 Å². The second-order valence-electron chi connectivity index (χ2n) is 9.49. The van der Waals surface area contributed by atoms with Crippen molar-refractivity contribution in [2.24, 2.45) is 22.7 Å². The van der Waals surface area contributed by atoms with Gasteiger partial charge in [0.15, 0.2) is 0 Å². The Morgan fingerprint density at radius 2 is 2.04 bits per heavy atom. The molecule has 0 radical (unpaired) electrons. The van der Waals surface area contributed by atoms with Crippen LogP contribution in [0.1, 0.15) is 56.8 Å². The van der Waals surface area contributed by atoms with Gasteiger partial charge in [-0.1, -0.05) is 43.7 Å². The van der Waals surface area contributed by atoms with E-state index in [0.29, 0.717) is 24.9 Å². The van der Waals surface area contributed by atoms with E-state index in [4.69, 9.17) is 9.47 Å². The molecule has 2 aliphatic carbocycles. The number of aryl methyl sites for hydroxylation is 1. The Bertz CT molecular complexity index is 698. The van der Waals surface area contributed by atoms with Crippen molar-refractivity contribution in [3.05, 3.63) is 35.4 Å². The van der Waals surface area contributed by atoms with Crippen LogP contribution in [0, 0.1) is 29.6 Å². The van der Waals surface area contributed by atoms with Gasteiger partial charge in [0.2, 0.25) is 5.91 Å². The maximum atomic E-state index is 12.6. The van der Waals surface area contributed by atoms with E-state index in [-0.39, 0.29) is 28.9 Å². The second kappa shape index (κ2) is 6.89. The summed E-state index contributed by atoms with van der Waals surface area (Å²) in [6.45, 7) is 8.08. The van der Waals surface area contributed by atoms with E-state index in [1.54, 1.807) is 7.11 Å². The van der Waals surface area contributed by atoms with Crippen molar-refractivity contribution >= 4 is 5.91 Å². The minimum atomic E-state index is 0.119. The highest BCUT2D eigenvalue weighted by Gasteiger charge is 2.68. The highest BCUT2D eigenvalue weighted by Crippen LogP contribution is 2.70. The van der Waals surface area contributed by atoms with Crippen LogP contribution in [0.15, 0.2) is 24.3 Å². The normalized spacial score (nSPS) is 36.4. The van der Waals surface area contributed by atoms with Gasteiger partial charge in [-0.25, -0.2) is 0 Å². The molecule has 4 heteroatoms. The van der Waals surface area contributed by atoms with Gasteiger partial charge in [-0.15, -0.1) is 0 Å². The van der Waals surface area contributed by atoms with Crippen LogP contribution >= 0.6 is 0 Å². The van der Waals surface area contributed by atoms with Gasteiger partial charge in [-0.3, -0.25) is 4.79 Å². The molecule has 2 bridgehead atoms. The number of hydrogen-bond acceptors (Lipinski definition) is 3. The minimum Gasteiger partial charge on any atom is -0.384 e. The van der Waals surface area contributed by atoms with E-state index in [9.17, 15) is 4.79 Å². The van der Waals surface area contributed by atoms with Crippen molar-refractivity contribution in [2.75, 3.05) is 20.3 Å². The number of fused-ring (bicyclic) bond motifs is 1. The van der Waals surface area contributed by atoms with Crippen LogP contribution in [0.5, 0.6) is 0 Å². The van der Waals surface area contributed by atoms with Crippen molar-refractivity contribution < 1.29 is 14.3 Å². The lowest BCUT2D eigenvalue weighted by atomic mass is 9.59. The molecule has 0 aromatic heterocycles. The van der Waals surface area contributed by atoms with Gasteiger partial charge in [0.1, 0.15) is 0 Å². The number of hydrogen-bond donors (Lipinski definition) is 1. The molecule has 3 fully saturated rings. The first kappa shape index (κ1) is 18.9. The summed E-state index contributed by atoms with van der Waals surface area (Å²) in [6, 6.07) is 9.03. The lowest BCUT2D eigenvalue weighted by Gasteiger charge is -2.53. The molecule has 1 heterocycles. The standard InChI is InChI=1S/C23H33NO3/c1-15-5-7-16(8-6-15)20-18-13-17-14-23(18,10-12-27-20)21(22(17,2)3)24-19(25)9-11-26-4/h5-8,17-18,20-21H,9-14H2,1-4H3,(H,24,25)/t17-,18-,20-,21+,23-/m1/s1. The average Bonchev–Trinajstić information content (AvgIpc) is 3.13. The predicted octanol–water partition coefficient (Wildman–Crippen LogP) is 4.03. The quantitative estimate of drug-likeness (QED) is 0.850. The van der Waals surface area contributed by atoms with E-state index in [2.05, 4.69) is 50.4 Å². The number of methoxy groups -OCH3 is 1. The summed E-state index contributed by atoms with van der Waals surface area (Å²) < 4.78 is 11.4. The van der Waals surface area contributed by atoms with Crippen LogP contribution in [-0.2, 0) is 14.3 Å². The molecular formula is C23H33NO3. The van der Waals surface area contributed by atoms with Crippen molar-refractivity contribution in [2.45, 2.75) is 58.6 Å². The summed E-state index contributed by atoms with van der Waals surface area (Å²) in [5, 5.41) is 3.43. The Kier molecular flexibility index (Phi) is 4.84. The minimum absolute atomic E-state index is 0.119. The number of benzene rings is 1. The summed E-state index contributed by atoms with van der Waals surface area (Å²) in [5.74, 6) is 1.25. The molecule has 1 N–H and O–H groups in total. The average molecular weight is 372 g/mol. The number of carbonyl (C=O) groups excluding carboxylic acids is 1. The highest BCUT2D eigenvalue weighted by molar-refractivity contribution is 5.76. The first-order valence-corrected chi connectivity index (χ1v) is 10.3. The van der Waals surface area contributed by atoms with Crippen LogP contribution in [0.3, 0.4) is 0 Å². The zero-order chi connectivity index (χ0) is 19.2. The van der Waals surface area contributed by atoms with E-state index in [1.165, 1.54) is 24.0 Å². The van der Waals surface area contributed by atoms with Crippen molar-refractivity contribution in [3.63, 3.8) is 0 Å².